The van der Waals surface area contributed by atoms with Crippen LogP contribution in [0.25, 0.3) is 11.0 Å². The van der Waals surface area contributed by atoms with E-state index in [1.54, 1.807) is 12.1 Å². The number of para-hydroxylation sites is 2. The number of hydrogen-bond acceptors (Lipinski definition) is 4. The molecule has 27 heavy (non-hydrogen) atoms. The molecule has 0 unspecified atom stereocenters. The van der Waals surface area contributed by atoms with Gasteiger partial charge in [-0.3, -0.25) is 4.79 Å². The molecule has 4 rings (SSSR count). The maximum absolute atomic E-state index is 12.9. The van der Waals surface area contributed by atoms with Crippen LogP contribution in [0.1, 0.15) is 34.9 Å². The molecule has 1 aliphatic rings. The molecular formula is C20H21N3O3S. The molecular weight excluding hydrogens is 362 g/mol. The average Bonchev–Trinajstić information content (AvgIpc) is 3.11. The molecule has 0 saturated carbocycles. The van der Waals surface area contributed by atoms with E-state index in [9.17, 15) is 13.2 Å². The zero-order chi connectivity index (χ0) is 19.0. The molecule has 1 atom stereocenters. The Bertz CT molecular complexity index is 1050. The van der Waals surface area contributed by atoms with Crippen LogP contribution in [0, 0.1) is 0 Å². The molecule has 0 spiro atoms. The number of aromatic nitrogens is 2. The van der Waals surface area contributed by atoms with E-state index in [2.05, 4.69) is 9.97 Å². The number of rotatable bonds is 3. The molecule has 1 fully saturated rings. The van der Waals surface area contributed by atoms with Crippen molar-refractivity contribution in [3.8, 4) is 0 Å². The van der Waals surface area contributed by atoms with Gasteiger partial charge in [0.15, 0.2) is 9.84 Å². The number of nitrogens with zero attached hydrogens (tertiary/aromatic N) is 2. The van der Waals surface area contributed by atoms with Crippen molar-refractivity contribution < 1.29 is 13.2 Å². The summed E-state index contributed by atoms with van der Waals surface area (Å²) < 4.78 is 23.2. The highest BCUT2D eigenvalue weighted by molar-refractivity contribution is 7.90. The Morgan fingerprint density at radius 2 is 1.89 bits per heavy atom. The van der Waals surface area contributed by atoms with Crippen LogP contribution in [0.5, 0.6) is 0 Å². The number of hydrogen-bond donors (Lipinski definition) is 1. The summed E-state index contributed by atoms with van der Waals surface area (Å²) in [5.41, 5.74) is 2.45. The molecule has 1 saturated heterocycles. The highest BCUT2D eigenvalue weighted by atomic mass is 32.2. The molecule has 7 heteroatoms. The monoisotopic (exact) mass is 383 g/mol. The number of sulfone groups is 1. The molecule has 0 bridgehead atoms. The Balaban J connectivity index is 1.53. The van der Waals surface area contributed by atoms with Crippen molar-refractivity contribution in [2.75, 3.05) is 19.3 Å². The van der Waals surface area contributed by atoms with E-state index in [4.69, 9.17) is 0 Å². The zero-order valence-electron chi connectivity index (χ0n) is 15.1. The van der Waals surface area contributed by atoms with Crippen molar-refractivity contribution >= 4 is 26.8 Å². The number of carbonyl (C=O) groups excluding carboxylic acids is 1. The van der Waals surface area contributed by atoms with E-state index >= 15 is 0 Å². The molecule has 2 aromatic carbocycles. The third-order valence-corrected chi connectivity index (χ3v) is 6.16. The lowest BCUT2D eigenvalue weighted by Crippen LogP contribution is -2.39. The second-order valence-electron chi connectivity index (χ2n) is 7.03. The van der Waals surface area contributed by atoms with Gasteiger partial charge in [0.25, 0.3) is 5.91 Å². The molecule has 140 valence electrons. The van der Waals surface area contributed by atoms with Crippen LogP contribution in [0.3, 0.4) is 0 Å². The molecule has 1 N–H and O–H groups in total. The van der Waals surface area contributed by atoms with Gasteiger partial charge in [0.2, 0.25) is 0 Å². The molecule has 1 aliphatic heterocycles. The fourth-order valence-electron chi connectivity index (χ4n) is 3.58. The number of H-pyrrole nitrogens is 1. The van der Waals surface area contributed by atoms with Gasteiger partial charge in [-0.15, -0.1) is 0 Å². The number of nitrogens with one attached hydrogen (secondary N) is 1. The summed E-state index contributed by atoms with van der Waals surface area (Å²) in [6.07, 6.45) is 3.05. The topological polar surface area (TPSA) is 83.1 Å². The number of likely N-dealkylation sites (tertiary alicyclic amines) is 1. The van der Waals surface area contributed by atoms with Crippen LogP contribution < -0.4 is 0 Å². The van der Waals surface area contributed by atoms with E-state index < -0.39 is 9.84 Å². The third-order valence-electron chi connectivity index (χ3n) is 5.03. The fraction of sp³-hybridized carbons (Fsp3) is 0.300. The van der Waals surface area contributed by atoms with E-state index in [1.165, 1.54) is 12.1 Å². The maximum atomic E-state index is 12.9. The van der Waals surface area contributed by atoms with Gasteiger partial charge in [0.1, 0.15) is 5.82 Å². The summed E-state index contributed by atoms with van der Waals surface area (Å²) in [7, 11) is -3.27. The summed E-state index contributed by atoms with van der Waals surface area (Å²) in [5, 5.41) is 0. The van der Waals surface area contributed by atoms with Crippen molar-refractivity contribution in [2.24, 2.45) is 0 Å². The predicted molar refractivity (Wildman–Crippen MR) is 104 cm³/mol. The number of benzene rings is 2. The molecule has 3 aromatic rings. The maximum Gasteiger partial charge on any atom is 0.253 e. The first kappa shape index (κ1) is 17.7. The first-order chi connectivity index (χ1) is 12.9. The summed E-state index contributed by atoms with van der Waals surface area (Å²) in [5.74, 6) is 1.02. The molecule has 2 heterocycles. The molecule has 1 amide bonds. The Morgan fingerprint density at radius 1 is 1.15 bits per heavy atom. The number of aromatic amines is 1. The summed E-state index contributed by atoms with van der Waals surface area (Å²) in [4.78, 5) is 23.0. The minimum atomic E-state index is -3.27. The van der Waals surface area contributed by atoms with Crippen molar-refractivity contribution in [3.63, 3.8) is 0 Å². The highest BCUT2D eigenvalue weighted by Crippen LogP contribution is 2.27. The van der Waals surface area contributed by atoms with E-state index in [0.717, 1.165) is 36.0 Å². The second kappa shape index (κ2) is 6.81. The van der Waals surface area contributed by atoms with Crippen molar-refractivity contribution in [1.82, 2.24) is 14.9 Å². The van der Waals surface area contributed by atoms with E-state index in [1.807, 2.05) is 29.2 Å². The van der Waals surface area contributed by atoms with Crippen LogP contribution >= 0.6 is 0 Å². The second-order valence-corrected chi connectivity index (χ2v) is 9.04. The van der Waals surface area contributed by atoms with Crippen molar-refractivity contribution in [3.05, 3.63) is 59.9 Å². The first-order valence-electron chi connectivity index (χ1n) is 8.96. The van der Waals surface area contributed by atoms with Gasteiger partial charge in [0, 0.05) is 30.8 Å². The Kier molecular flexibility index (Phi) is 4.47. The Hall–Kier alpha value is -2.67. The van der Waals surface area contributed by atoms with Gasteiger partial charge in [-0.05, 0) is 49.2 Å². The lowest BCUT2D eigenvalue weighted by Gasteiger charge is -2.32. The summed E-state index contributed by atoms with van der Waals surface area (Å²) in [6.45, 7) is 1.30. The Labute approximate surface area is 158 Å². The number of imidazole rings is 1. The van der Waals surface area contributed by atoms with E-state index in [0.29, 0.717) is 18.7 Å². The van der Waals surface area contributed by atoms with Crippen LogP contribution in [0.2, 0.25) is 0 Å². The molecule has 1 aromatic heterocycles. The third kappa shape index (κ3) is 3.60. The summed E-state index contributed by atoms with van der Waals surface area (Å²) in [6, 6.07) is 14.1. The smallest absolute Gasteiger partial charge is 0.253 e. The minimum Gasteiger partial charge on any atom is -0.342 e. The standard InChI is InChI=1S/C20H21N3O3S/c1-27(25,26)16-10-8-14(9-11-16)20(24)23-12-4-5-15(13-23)19-21-17-6-2-3-7-18(17)22-19/h2-3,6-11,15H,4-5,12-13H2,1H3,(H,21,22)/t15-/m1/s1. The first-order valence-corrected chi connectivity index (χ1v) is 10.8. The highest BCUT2D eigenvalue weighted by Gasteiger charge is 2.27. The van der Waals surface area contributed by atoms with Gasteiger partial charge in [-0.1, -0.05) is 12.1 Å². The number of amides is 1. The van der Waals surface area contributed by atoms with Gasteiger partial charge < -0.3 is 9.88 Å². The van der Waals surface area contributed by atoms with Crippen molar-refractivity contribution in [2.45, 2.75) is 23.7 Å². The average molecular weight is 383 g/mol. The number of fused-ring (bicyclic) bond motifs is 1. The van der Waals surface area contributed by atoms with Gasteiger partial charge in [0.05, 0.1) is 15.9 Å². The van der Waals surface area contributed by atoms with Crippen LogP contribution in [0.4, 0.5) is 0 Å². The lowest BCUT2D eigenvalue weighted by molar-refractivity contribution is 0.0705. The lowest BCUT2D eigenvalue weighted by atomic mass is 9.96. The number of piperidine rings is 1. The van der Waals surface area contributed by atoms with Crippen molar-refractivity contribution in [1.29, 1.82) is 0 Å². The normalized spacial score (nSPS) is 18.0. The molecule has 0 radical (unpaired) electrons. The molecule has 6 nitrogen and oxygen atoms in total. The van der Waals surface area contributed by atoms with Crippen LogP contribution in [-0.2, 0) is 9.84 Å². The Morgan fingerprint density at radius 3 is 2.59 bits per heavy atom. The quantitative estimate of drug-likeness (QED) is 0.754. The van der Waals surface area contributed by atoms with Gasteiger partial charge in [-0.2, -0.15) is 0 Å². The largest absolute Gasteiger partial charge is 0.342 e. The predicted octanol–water partition coefficient (Wildman–Crippen LogP) is 2.99. The summed E-state index contributed by atoms with van der Waals surface area (Å²) >= 11 is 0. The minimum absolute atomic E-state index is 0.0733. The van der Waals surface area contributed by atoms with E-state index in [-0.39, 0.29) is 16.7 Å². The SMILES string of the molecule is CS(=O)(=O)c1ccc(C(=O)N2CCC[C@@H](c3nc4ccccc4[nH]3)C2)cc1. The van der Waals surface area contributed by atoms with Crippen LogP contribution in [0.15, 0.2) is 53.4 Å². The van der Waals surface area contributed by atoms with Gasteiger partial charge >= 0.3 is 0 Å². The zero-order valence-corrected chi connectivity index (χ0v) is 15.9. The van der Waals surface area contributed by atoms with Gasteiger partial charge in [-0.25, -0.2) is 13.4 Å². The molecule has 0 aliphatic carbocycles. The van der Waals surface area contributed by atoms with Crippen LogP contribution in [-0.4, -0.2) is 48.5 Å². The number of carbonyl (C=O) groups is 1. The fourth-order valence-corrected chi connectivity index (χ4v) is 4.21.